The van der Waals surface area contributed by atoms with Gasteiger partial charge in [-0.3, -0.25) is 4.79 Å². The average molecular weight is 280 g/mol. The zero-order chi connectivity index (χ0) is 13.3. The van der Waals surface area contributed by atoms with Gasteiger partial charge in [-0.15, -0.1) is 11.3 Å². The number of ether oxygens (including phenoxy) is 1. The standard InChI is InChI=1S/C14H20N2O2S/c1-18-12-4-2-5-14(12)6-3-7-16(9-14)13(17)11-8-19-10-15-11/h8,10,12H,2-7,9H2,1H3/t12-,14-/m1/s1. The molecule has 5 heteroatoms. The first-order valence-corrected chi connectivity index (χ1v) is 7.90. The van der Waals surface area contributed by atoms with Gasteiger partial charge in [0.2, 0.25) is 0 Å². The number of methoxy groups -OCH3 is 1. The Morgan fingerprint density at radius 2 is 2.37 bits per heavy atom. The van der Waals surface area contributed by atoms with E-state index in [0.29, 0.717) is 11.8 Å². The molecule has 0 N–H and O–H groups in total. The minimum Gasteiger partial charge on any atom is -0.381 e. The Kier molecular flexibility index (Phi) is 3.58. The molecule has 1 saturated heterocycles. The summed E-state index contributed by atoms with van der Waals surface area (Å²) in [5.41, 5.74) is 2.51. The summed E-state index contributed by atoms with van der Waals surface area (Å²) in [7, 11) is 1.80. The summed E-state index contributed by atoms with van der Waals surface area (Å²) in [6, 6.07) is 0. The van der Waals surface area contributed by atoms with Crippen molar-refractivity contribution < 1.29 is 9.53 Å². The molecule has 2 atom stereocenters. The lowest BCUT2D eigenvalue weighted by Crippen LogP contribution is -2.49. The van der Waals surface area contributed by atoms with E-state index in [1.165, 1.54) is 30.6 Å². The topological polar surface area (TPSA) is 42.4 Å². The summed E-state index contributed by atoms with van der Waals surface area (Å²) in [5, 5.41) is 1.84. The lowest BCUT2D eigenvalue weighted by atomic mass is 9.76. The monoisotopic (exact) mass is 280 g/mol. The van der Waals surface area contributed by atoms with Crippen molar-refractivity contribution in [2.45, 2.75) is 38.2 Å². The molecule has 0 unspecified atom stereocenters. The molecule has 1 aliphatic heterocycles. The van der Waals surface area contributed by atoms with Crippen LogP contribution in [-0.2, 0) is 4.74 Å². The zero-order valence-corrected chi connectivity index (χ0v) is 12.1. The van der Waals surface area contributed by atoms with E-state index >= 15 is 0 Å². The number of carbonyl (C=O) groups is 1. The quantitative estimate of drug-likeness (QED) is 0.836. The van der Waals surface area contributed by atoms with Gasteiger partial charge in [-0.1, -0.05) is 6.42 Å². The molecule has 2 fully saturated rings. The number of carbonyl (C=O) groups excluding carboxylic acids is 1. The van der Waals surface area contributed by atoms with Crippen LogP contribution in [0.3, 0.4) is 0 Å². The maximum Gasteiger partial charge on any atom is 0.273 e. The third kappa shape index (κ3) is 2.30. The van der Waals surface area contributed by atoms with Crippen molar-refractivity contribution in [2.75, 3.05) is 20.2 Å². The fraction of sp³-hybridized carbons (Fsp3) is 0.714. The molecule has 2 heterocycles. The van der Waals surface area contributed by atoms with E-state index in [0.717, 1.165) is 25.9 Å². The first kappa shape index (κ1) is 13.1. The Labute approximate surface area is 117 Å². The molecule has 104 valence electrons. The second kappa shape index (κ2) is 5.21. The smallest absolute Gasteiger partial charge is 0.273 e. The van der Waals surface area contributed by atoms with Crippen LogP contribution < -0.4 is 0 Å². The molecule has 1 aromatic heterocycles. The third-order valence-corrected chi connectivity index (χ3v) is 5.24. The minimum atomic E-state index is 0.0853. The summed E-state index contributed by atoms with van der Waals surface area (Å²) in [6.07, 6.45) is 6.12. The number of nitrogens with zero attached hydrogens (tertiary/aromatic N) is 2. The number of hydrogen-bond acceptors (Lipinski definition) is 4. The first-order chi connectivity index (χ1) is 9.25. The number of hydrogen-bond donors (Lipinski definition) is 0. The third-order valence-electron chi connectivity index (χ3n) is 4.66. The Bertz CT molecular complexity index is 448. The SMILES string of the molecule is CO[C@@H]1CCC[C@]12CCCN(C(=O)c1cscn1)C2. The zero-order valence-electron chi connectivity index (χ0n) is 11.3. The van der Waals surface area contributed by atoms with E-state index in [1.54, 1.807) is 12.6 Å². The number of aromatic nitrogens is 1. The summed E-state index contributed by atoms with van der Waals surface area (Å²) in [4.78, 5) is 18.5. The van der Waals surface area contributed by atoms with Gasteiger partial charge < -0.3 is 9.64 Å². The number of thiazole rings is 1. The van der Waals surface area contributed by atoms with Crippen LogP contribution in [-0.4, -0.2) is 42.1 Å². The Morgan fingerprint density at radius 3 is 3.11 bits per heavy atom. The van der Waals surface area contributed by atoms with Gasteiger partial charge in [-0.05, 0) is 25.7 Å². The summed E-state index contributed by atoms with van der Waals surface area (Å²) < 4.78 is 5.67. The second-order valence-electron chi connectivity index (χ2n) is 5.68. The van der Waals surface area contributed by atoms with E-state index in [-0.39, 0.29) is 11.3 Å². The Hall–Kier alpha value is -0.940. The molecule has 1 aliphatic carbocycles. The number of rotatable bonds is 2. The average Bonchev–Trinajstić information content (AvgIpc) is 3.08. The molecule has 1 saturated carbocycles. The fourth-order valence-electron chi connectivity index (χ4n) is 3.76. The molecule has 0 aromatic carbocycles. The maximum atomic E-state index is 12.4. The van der Waals surface area contributed by atoms with Gasteiger partial charge in [0.25, 0.3) is 5.91 Å². The van der Waals surface area contributed by atoms with Crippen LogP contribution in [0.5, 0.6) is 0 Å². The molecule has 1 amide bonds. The maximum absolute atomic E-state index is 12.4. The number of amides is 1. The largest absolute Gasteiger partial charge is 0.381 e. The number of piperidine rings is 1. The van der Waals surface area contributed by atoms with Crippen LogP contribution in [0.4, 0.5) is 0 Å². The molecule has 3 rings (SSSR count). The molecule has 2 aliphatic rings. The lowest BCUT2D eigenvalue weighted by molar-refractivity contribution is -0.0296. The van der Waals surface area contributed by atoms with Crippen LogP contribution in [0.15, 0.2) is 10.9 Å². The van der Waals surface area contributed by atoms with Crippen molar-refractivity contribution in [1.29, 1.82) is 0 Å². The fourth-order valence-corrected chi connectivity index (χ4v) is 4.28. The highest BCUT2D eigenvalue weighted by atomic mass is 32.1. The molecule has 19 heavy (non-hydrogen) atoms. The molecule has 4 nitrogen and oxygen atoms in total. The molecule has 1 spiro atoms. The van der Waals surface area contributed by atoms with Gasteiger partial charge in [0, 0.05) is 31.0 Å². The van der Waals surface area contributed by atoms with E-state index in [4.69, 9.17) is 4.74 Å². The van der Waals surface area contributed by atoms with Gasteiger partial charge in [0.05, 0.1) is 11.6 Å². The predicted octanol–water partition coefficient (Wildman–Crippen LogP) is 2.56. The van der Waals surface area contributed by atoms with Gasteiger partial charge in [0.1, 0.15) is 5.69 Å². The highest BCUT2D eigenvalue weighted by Crippen LogP contribution is 2.46. The molecule has 0 radical (unpaired) electrons. The van der Waals surface area contributed by atoms with Crippen molar-refractivity contribution >= 4 is 17.2 Å². The van der Waals surface area contributed by atoms with Gasteiger partial charge in [-0.2, -0.15) is 0 Å². The summed E-state index contributed by atoms with van der Waals surface area (Å²) >= 11 is 1.48. The molecular formula is C14H20N2O2S. The van der Waals surface area contributed by atoms with E-state index in [2.05, 4.69) is 4.98 Å². The van der Waals surface area contributed by atoms with Gasteiger partial charge in [-0.25, -0.2) is 4.98 Å². The second-order valence-corrected chi connectivity index (χ2v) is 6.40. The van der Waals surface area contributed by atoms with Crippen molar-refractivity contribution in [3.63, 3.8) is 0 Å². The highest BCUT2D eigenvalue weighted by Gasteiger charge is 2.46. The Balaban J connectivity index is 1.76. The number of likely N-dealkylation sites (tertiary alicyclic amines) is 1. The molecule has 0 bridgehead atoms. The lowest BCUT2D eigenvalue weighted by Gasteiger charge is -2.43. The summed E-state index contributed by atoms with van der Waals surface area (Å²) in [6.45, 7) is 1.69. The summed E-state index contributed by atoms with van der Waals surface area (Å²) in [5.74, 6) is 0.0853. The predicted molar refractivity (Wildman–Crippen MR) is 74.3 cm³/mol. The molecule has 1 aromatic rings. The van der Waals surface area contributed by atoms with Crippen molar-refractivity contribution in [3.05, 3.63) is 16.6 Å². The van der Waals surface area contributed by atoms with Crippen LogP contribution in [0, 0.1) is 5.41 Å². The Morgan fingerprint density at radius 1 is 1.53 bits per heavy atom. The van der Waals surface area contributed by atoms with E-state index < -0.39 is 0 Å². The molecular weight excluding hydrogens is 260 g/mol. The van der Waals surface area contributed by atoms with Crippen LogP contribution in [0.2, 0.25) is 0 Å². The van der Waals surface area contributed by atoms with Crippen molar-refractivity contribution in [2.24, 2.45) is 5.41 Å². The van der Waals surface area contributed by atoms with Crippen molar-refractivity contribution in [1.82, 2.24) is 9.88 Å². The van der Waals surface area contributed by atoms with E-state index in [1.807, 2.05) is 10.3 Å². The van der Waals surface area contributed by atoms with Crippen molar-refractivity contribution in [3.8, 4) is 0 Å². The highest BCUT2D eigenvalue weighted by molar-refractivity contribution is 7.07. The van der Waals surface area contributed by atoms with Crippen LogP contribution in [0.25, 0.3) is 0 Å². The normalized spacial score (nSPS) is 31.0. The van der Waals surface area contributed by atoms with E-state index in [9.17, 15) is 4.79 Å². The van der Waals surface area contributed by atoms with Gasteiger partial charge in [0.15, 0.2) is 0 Å². The van der Waals surface area contributed by atoms with Crippen LogP contribution >= 0.6 is 11.3 Å². The van der Waals surface area contributed by atoms with Gasteiger partial charge >= 0.3 is 0 Å². The first-order valence-electron chi connectivity index (χ1n) is 6.95. The minimum absolute atomic E-state index is 0.0853. The van der Waals surface area contributed by atoms with Crippen LogP contribution in [0.1, 0.15) is 42.6 Å².